The summed E-state index contributed by atoms with van der Waals surface area (Å²) in [5.41, 5.74) is 1.14. The molecule has 1 aromatic carbocycles. The van der Waals surface area contributed by atoms with E-state index in [1.807, 2.05) is 43.4 Å². The Morgan fingerprint density at radius 1 is 1.04 bits per heavy atom. The van der Waals surface area contributed by atoms with Crippen molar-refractivity contribution in [1.29, 1.82) is 0 Å². The van der Waals surface area contributed by atoms with Gasteiger partial charge in [0.25, 0.3) is 0 Å². The van der Waals surface area contributed by atoms with Crippen LogP contribution in [0.3, 0.4) is 0 Å². The van der Waals surface area contributed by atoms with Crippen LogP contribution in [0.25, 0.3) is 0 Å². The maximum absolute atomic E-state index is 5.50. The summed E-state index contributed by atoms with van der Waals surface area (Å²) in [4.78, 5) is 15.7. The van der Waals surface area contributed by atoms with E-state index in [4.69, 9.17) is 9.47 Å². The van der Waals surface area contributed by atoms with Crippen molar-refractivity contribution in [2.75, 3.05) is 64.3 Å². The number of hydrogen-bond donors (Lipinski definition) is 0. The lowest BCUT2D eigenvalue weighted by molar-refractivity contribution is 0.244. The van der Waals surface area contributed by atoms with Crippen molar-refractivity contribution >= 4 is 11.8 Å². The number of hydrogen-bond acceptors (Lipinski definition) is 7. The van der Waals surface area contributed by atoms with Crippen LogP contribution in [0.4, 0.5) is 11.8 Å². The van der Waals surface area contributed by atoms with E-state index >= 15 is 0 Å². The number of aromatic nitrogens is 2. The van der Waals surface area contributed by atoms with Crippen LogP contribution in [0.2, 0.25) is 0 Å². The molecule has 1 aromatic heterocycles. The second-order valence-corrected chi connectivity index (χ2v) is 6.55. The average Bonchev–Trinajstić information content (AvgIpc) is 2.68. The molecule has 0 aliphatic carbocycles. The van der Waals surface area contributed by atoms with Crippen molar-refractivity contribution in [1.82, 2.24) is 14.9 Å². The second kappa shape index (κ2) is 8.23. The van der Waals surface area contributed by atoms with E-state index in [-0.39, 0.29) is 0 Å². The molecule has 0 atom stereocenters. The van der Waals surface area contributed by atoms with Gasteiger partial charge in [-0.15, -0.1) is 0 Å². The third kappa shape index (κ3) is 4.16. The number of rotatable bonds is 6. The molecule has 26 heavy (non-hydrogen) atoms. The van der Waals surface area contributed by atoms with Gasteiger partial charge in [0.15, 0.2) is 0 Å². The van der Waals surface area contributed by atoms with Gasteiger partial charge in [-0.25, -0.2) is 4.98 Å². The van der Waals surface area contributed by atoms with Gasteiger partial charge >= 0.3 is 0 Å². The minimum absolute atomic E-state index is 0.801. The monoisotopic (exact) mass is 357 g/mol. The molecule has 0 saturated carbocycles. The number of piperazine rings is 1. The molecular formula is C19H27N5O2. The van der Waals surface area contributed by atoms with Crippen LogP contribution < -0.4 is 19.3 Å². The molecule has 0 unspecified atom stereocenters. The summed E-state index contributed by atoms with van der Waals surface area (Å²) in [6.07, 6.45) is 1.82. The van der Waals surface area contributed by atoms with Crippen molar-refractivity contribution in [2.24, 2.45) is 0 Å². The molecule has 0 N–H and O–H groups in total. The van der Waals surface area contributed by atoms with E-state index in [0.717, 1.165) is 61.6 Å². The fourth-order valence-corrected chi connectivity index (χ4v) is 3.09. The summed E-state index contributed by atoms with van der Waals surface area (Å²) in [7, 11) is 7.38. The highest BCUT2D eigenvalue weighted by molar-refractivity contribution is 5.43. The van der Waals surface area contributed by atoms with Gasteiger partial charge in [-0.2, -0.15) is 4.98 Å². The Morgan fingerprint density at radius 2 is 1.81 bits per heavy atom. The normalized spacial score (nSPS) is 15.0. The fraction of sp³-hybridized carbons (Fsp3) is 0.474. The standard InChI is InChI=1S/C19H27N5O2/c1-22(2)18-7-8-20-19(21-18)24-11-9-23(10-12-24)14-15-13-16(25-3)5-6-17(15)26-4/h5-8,13H,9-12,14H2,1-4H3. The summed E-state index contributed by atoms with van der Waals surface area (Å²) in [5.74, 6) is 3.48. The zero-order valence-electron chi connectivity index (χ0n) is 16.0. The van der Waals surface area contributed by atoms with Gasteiger partial charge in [0, 0.05) is 58.6 Å². The van der Waals surface area contributed by atoms with Crippen molar-refractivity contribution in [2.45, 2.75) is 6.54 Å². The summed E-state index contributed by atoms with van der Waals surface area (Å²) >= 11 is 0. The lowest BCUT2D eigenvalue weighted by Gasteiger charge is -2.35. The van der Waals surface area contributed by atoms with Gasteiger partial charge < -0.3 is 19.3 Å². The molecule has 0 radical (unpaired) electrons. The number of nitrogens with zero attached hydrogens (tertiary/aromatic N) is 5. The van der Waals surface area contributed by atoms with Gasteiger partial charge in [0.2, 0.25) is 5.95 Å². The summed E-state index contributed by atoms with van der Waals surface area (Å²) < 4.78 is 10.8. The first-order valence-corrected chi connectivity index (χ1v) is 8.79. The van der Waals surface area contributed by atoms with E-state index < -0.39 is 0 Å². The van der Waals surface area contributed by atoms with E-state index in [1.165, 1.54) is 0 Å². The number of ether oxygens (including phenoxy) is 2. The maximum Gasteiger partial charge on any atom is 0.227 e. The molecule has 2 heterocycles. The molecule has 1 fully saturated rings. The fourth-order valence-electron chi connectivity index (χ4n) is 3.09. The first-order chi connectivity index (χ1) is 12.6. The molecule has 2 aromatic rings. The van der Waals surface area contributed by atoms with Gasteiger partial charge in [-0.3, -0.25) is 4.90 Å². The smallest absolute Gasteiger partial charge is 0.227 e. The van der Waals surface area contributed by atoms with Crippen LogP contribution in [0, 0.1) is 0 Å². The molecule has 140 valence electrons. The Labute approximate surface area is 155 Å². The highest BCUT2D eigenvalue weighted by atomic mass is 16.5. The molecule has 7 nitrogen and oxygen atoms in total. The highest BCUT2D eigenvalue weighted by Gasteiger charge is 2.20. The van der Waals surface area contributed by atoms with Crippen molar-refractivity contribution < 1.29 is 9.47 Å². The van der Waals surface area contributed by atoms with E-state index in [9.17, 15) is 0 Å². The number of benzene rings is 1. The second-order valence-electron chi connectivity index (χ2n) is 6.55. The van der Waals surface area contributed by atoms with Crippen molar-refractivity contribution in [3.05, 3.63) is 36.0 Å². The summed E-state index contributed by atoms with van der Waals surface area (Å²) in [6, 6.07) is 7.87. The minimum Gasteiger partial charge on any atom is -0.497 e. The average molecular weight is 357 g/mol. The van der Waals surface area contributed by atoms with E-state index in [2.05, 4.69) is 25.8 Å². The Balaban J connectivity index is 1.63. The Bertz CT molecular complexity index is 730. The first kappa shape index (κ1) is 18.3. The van der Waals surface area contributed by atoms with Crippen molar-refractivity contribution in [3.63, 3.8) is 0 Å². The zero-order chi connectivity index (χ0) is 18.5. The third-order valence-electron chi connectivity index (χ3n) is 4.62. The SMILES string of the molecule is COc1ccc(OC)c(CN2CCN(c3nccc(N(C)C)n3)CC2)c1. The van der Waals surface area contributed by atoms with Crippen LogP contribution in [-0.2, 0) is 6.54 Å². The molecule has 0 bridgehead atoms. The lowest BCUT2D eigenvalue weighted by atomic mass is 10.1. The van der Waals surface area contributed by atoms with Gasteiger partial charge in [-0.1, -0.05) is 0 Å². The number of methoxy groups -OCH3 is 2. The first-order valence-electron chi connectivity index (χ1n) is 8.79. The van der Waals surface area contributed by atoms with E-state index in [0.29, 0.717) is 0 Å². The third-order valence-corrected chi connectivity index (χ3v) is 4.62. The van der Waals surface area contributed by atoms with E-state index in [1.54, 1.807) is 14.2 Å². The van der Waals surface area contributed by atoms with Crippen LogP contribution >= 0.6 is 0 Å². The maximum atomic E-state index is 5.50. The highest BCUT2D eigenvalue weighted by Crippen LogP contribution is 2.26. The topological polar surface area (TPSA) is 54.0 Å². The molecule has 1 aliphatic rings. The molecule has 7 heteroatoms. The van der Waals surface area contributed by atoms with Gasteiger partial charge in [0.1, 0.15) is 17.3 Å². The van der Waals surface area contributed by atoms with Crippen LogP contribution in [0.1, 0.15) is 5.56 Å². The molecule has 3 rings (SSSR count). The molecule has 0 spiro atoms. The van der Waals surface area contributed by atoms with Gasteiger partial charge in [0.05, 0.1) is 14.2 Å². The van der Waals surface area contributed by atoms with Crippen LogP contribution in [-0.4, -0.2) is 69.4 Å². The zero-order valence-corrected chi connectivity index (χ0v) is 16.0. The van der Waals surface area contributed by atoms with Crippen LogP contribution in [0.5, 0.6) is 11.5 Å². The Kier molecular flexibility index (Phi) is 5.78. The summed E-state index contributed by atoms with van der Waals surface area (Å²) in [5, 5.41) is 0. The quantitative estimate of drug-likeness (QED) is 0.782. The largest absolute Gasteiger partial charge is 0.497 e. The lowest BCUT2D eigenvalue weighted by Crippen LogP contribution is -2.46. The van der Waals surface area contributed by atoms with Gasteiger partial charge in [-0.05, 0) is 24.3 Å². The minimum atomic E-state index is 0.801. The van der Waals surface area contributed by atoms with Crippen molar-refractivity contribution in [3.8, 4) is 11.5 Å². The van der Waals surface area contributed by atoms with Crippen LogP contribution in [0.15, 0.2) is 30.5 Å². The summed E-state index contributed by atoms with van der Waals surface area (Å²) in [6.45, 7) is 4.56. The Morgan fingerprint density at radius 3 is 2.46 bits per heavy atom. The number of anilines is 2. The Hall–Kier alpha value is -2.54. The molecule has 0 amide bonds. The molecule has 1 saturated heterocycles. The predicted octanol–water partition coefficient (Wildman–Crippen LogP) is 1.88. The molecular weight excluding hydrogens is 330 g/mol. The predicted molar refractivity (Wildman–Crippen MR) is 103 cm³/mol. The molecule has 1 aliphatic heterocycles.